The number of aliphatic hydroxyl groups excluding tert-OH is 1. The van der Waals surface area contributed by atoms with Gasteiger partial charge in [0.1, 0.15) is 0 Å². The molecular weight excluding hydrogens is 322 g/mol. The number of anilines is 1. The number of nitrogens with two attached hydrogens (primary N) is 1. The smallest absolute Gasteiger partial charge is 0.172 e. The van der Waals surface area contributed by atoms with Crippen LogP contribution in [0.4, 0.5) is 5.69 Å². The number of rotatable bonds is 3. The molecule has 2 rings (SSSR count). The van der Waals surface area contributed by atoms with Gasteiger partial charge in [0, 0.05) is 22.8 Å². The molecule has 0 saturated heterocycles. The maximum atomic E-state index is 10.2. The van der Waals surface area contributed by atoms with Crippen molar-refractivity contribution in [3.05, 3.63) is 28.2 Å². The third-order valence-electron chi connectivity index (χ3n) is 3.91. The van der Waals surface area contributed by atoms with Crippen molar-refractivity contribution < 1.29 is 10.3 Å². The van der Waals surface area contributed by atoms with Crippen LogP contribution < -0.4 is 10.6 Å². The molecule has 1 aliphatic rings. The van der Waals surface area contributed by atoms with Gasteiger partial charge < -0.3 is 20.9 Å². The lowest BCUT2D eigenvalue weighted by Crippen LogP contribution is -2.44. The maximum absolute atomic E-state index is 10.2. The van der Waals surface area contributed by atoms with Crippen molar-refractivity contribution in [1.29, 1.82) is 0 Å². The molecular formula is C14H20BrN3O2. The van der Waals surface area contributed by atoms with Crippen LogP contribution in [-0.2, 0) is 0 Å². The number of likely N-dealkylation sites (N-methyl/N-ethyl adjacent to an activating group) is 1. The number of amidine groups is 1. The Morgan fingerprint density at radius 3 is 2.75 bits per heavy atom. The monoisotopic (exact) mass is 341 g/mol. The Morgan fingerprint density at radius 1 is 1.40 bits per heavy atom. The third kappa shape index (κ3) is 3.07. The van der Waals surface area contributed by atoms with Crippen LogP contribution in [0.15, 0.2) is 27.8 Å². The summed E-state index contributed by atoms with van der Waals surface area (Å²) in [7, 11) is 1.94. The lowest BCUT2D eigenvalue weighted by atomic mass is 9.91. The van der Waals surface area contributed by atoms with Gasteiger partial charge in [0.25, 0.3) is 0 Å². The van der Waals surface area contributed by atoms with Crippen molar-refractivity contribution >= 4 is 27.5 Å². The predicted molar refractivity (Wildman–Crippen MR) is 83.3 cm³/mol. The zero-order chi connectivity index (χ0) is 14.7. The van der Waals surface area contributed by atoms with E-state index in [0.717, 1.165) is 35.8 Å². The molecule has 1 fully saturated rings. The molecule has 0 bridgehead atoms. The summed E-state index contributed by atoms with van der Waals surface area (Å²) >= 11 is 3.44. The molecule has 110 valence electrons. The summed E-state index contributed by atoms with van der Waals surface area (Å²) in [4.78, 5) is 2.03. The van der Waals surface area contributed by atoms with Crippen molar-refractivity contribution in [2.75, 3.05) is 11.9 Å². The Labute approximate surface area is 127 Å². The van der Waals surface area contributed by atoms with Gasteiger partial charge in [-0.2, -0.15) is 0 Å². The molecule has 0 aromatic heterocycles. The second-order valence-corrected chi connectivity index (χ2v) is 6.09. The fourth-order valence-electron chi connectivity index (χ4n) is 2.79. The molecule has 0 aliphatic heterocycles. The van der Waals surface area contributed by atoms with Gasteiger partial charge in [-0.05, 0) is 31.0 Å². The molecule has 1 aromatic carbocycles. The highest BCUT2D eigenvalue weighted by molar-refractivity contribution is 9.10. The molecule has 4 N–H and O–H groups in total. The van der Waals surface area contributed by atoms with E-state index in [1.165, 1.54) is 0 Å². The molecule has 0 amide bonds. The van der Waals surface area contributed by atoms with E-state index in [-0.39, 0.29) is 18.0 Å². The normalized spacial score (nSPS) is 23.6. The van der Waals surface area contributed by atoms with Crippen molar-refractivity contribution in [1.82, 2.24) is 0 Å². The van der Waals surface area contributed by atoms with Gasteiger partial charge in [0.05, 0.1) is 12.1 Å². The minimum absolute atomic E-state index is 0.0586. The van der Waals surface area contributed by atoms with E-state index in [2.05, 4.69) is 21.1 Å². The van der Waals surface area contributed by atoms with Crippen LogP contribution in [0.2, 0.25) is 0 Å². The highest BCUT2D eigenvalue weighted by atomic mass is 79.9. The Hall–Kier alpha value is -1.27. The fourth-order valence-corrected chi connectivity index (χ4v) is 3.14. The summed E-state index contributed by atoms with van der Waals surface area (Å²) in [5, 5.41) is 22.2. The topological polar surface area (TPSA) is 82.1 Å². The number of aliphatic hydroxyl groups is 1. The maximum Gasteiger partial charge on any atom is 0.172 e. The molecule has 1 aliphatic carbocycles. The SMILES string of the molecule is CN(c1cc(Br)ccc1/C(N)=N/O)C1CCCCC1O. The van der Waals surface area contributed by atoms with Crippen molar-refractivity contribution in [2.45, 2.75) is 37.8 Å². The lowest BCUT2D eigenvalue weighted by molar-refractivity contribution is 0.106. The highest BCUT2D eigenvalue weighted by Crippen LogP contribution is 2.30. The Morgan fingerprint density at radius 2 is 2.10 bits per heavy atom. The molecule has 20 heavy (non-hydrogen) atoms. The zero-order valence-electron chi connectivity index (χ0n) is 11.5. The summed E-state index contributed by atoms with van der Waals surface area (Å²) in [6.45, 7) is 0. The van der Waals surface area contributed by atoms with Crippen molar-refractivity contribution in [2.24, 2.45) is 10.9 Å². The molecule has 1 aromatic rings. The summed E-state index contributed by atoms with van der Waals surface area (Å²) in [5.74, 6) is 0.0737. The summed E-state index contributed by atoms with van der Waals surface area (Å²) in [6.07, 6.45) is 3.60. The van der Waals surface area contributed by atoms with E-state index in [1.807, 2.05) is 24.1 Å². The Balaban J connectivity index is 2.37. The van der Waals surface area contributed by atoms with Gasteiger partial charge in [-0.1, -0.05) is 33.9 Å². The number of halogens is 1. The van der Waals surface area contributed by atoms with Gasteiger partial charge >= 0.3 is 0 Å². The standard InChI is InChI=1S/C14H20BrN3O2/c1-18(11-4-2-3-5-13(11)19)12-8-9(15)6-7-10(12)14(16)17-20/h6-8,11,13,19-20H,2-5H2,1H3,(H2,16,17). The van der Waals surface area contributed by atoms with Gasteiger partial charge in [-0.3, -0.25) is 0 Å². The first-order valence-electron chi connectivity index (χ1n) is 6.73. The average Bonchev–Trinajstić information content (AvgIpc) is 2.46. The summed E-state index contributed by atoms with van der Waals surface area (Å²) in [5.41, 5.74) is 7.25. The highest BCUT2D eigenvalue weighted by Gasteiger charge is 2.28. The predicted octanol–water partition coefficient (Wildman–Crippen LogP) is 2.28. The molecule has 6 heteroatoms. The number of benzene rings is 1. The summed E-state index contributed by atoms with van der Waals surface area (Å²) < 4.78 is 0.916. The zero-order valence-corrected chi connectivity index (χ0v) is 13.0. The van der Waals surface area contributed by atoms with Gasteiger partial charge in [-0.25, -0.2) is 0 Å². The minimum atomic E-state index is -0.340. The van der Waals surface area contributed by atoms with Crippen LogP contribution in [0.3, 0.4) is 0 Å². The van der Waals surface area contributed by atoms with Crippen molar-refractivity contribution in [3.8, 4) is 0 Å². The third-order valence-corrected chi connectivity index (χ3v) is 4.41. The second-order valence-electron chi connectivity index (χ2n) is 5.18. The van der Waals surface area contributed by atoms with Gasteiger partial charge in [0.2, 0.25) is 0 Å². The number of hydrogen-bond acceptors (Lipinski definition) is 4. The van der Waals surface area contributed by atoms with Gasteiger partial charge in [-0.15, -0.1) is 0 Å². The van der Waals surface area contributed by atoms with Crippen LogP contribution >= 0.6 is 15.9 Å². The molecule has 1 saturated carbocycles. The second kappa shape index (κ2) is 6.45. The molecule has 0 radical (unpaired) electrons. The first kappa shape index (κ1) is 15.1. The molecule has 2 atom stereocenters. The van der Waals surface area contributed by atoms with E-state index >= 15 is 0 Å². The van der Waals surface area contributed by atoms with Crippen LogP contribution in [0.25, 0.3) is 0 Å². The molecule has 0 spiro atoms. The van der Waals surface area contributed by atoms with E-state index in [9.17, 15) is 5.11 Å². The first-order chi connectivity index (χ1) is 9.54. The van der Waals surface area contributed by atoms with E-state index in [0.29, 0.717) is 5.56 Å². The first-order valence-corrected chi connectivity index (χ1v) is 7.52. The minimum Gasteiger partial charge on any atom is -0.409 e. The summed E-state index contributed by atoms with van der Waals surface area (Å²) in [6, 6.07) is 5.64. The molecule has 5 nitrogen and oxygen atoms in total. The molecule has 0 heterocycles. The van der Waals surface area contributed by atoms with Crippen LogP contribution in [0.1, 0.15) is 31.2 Å². The Bertz CT molecular complexity index is 507. The number of oxime groups is 1. The van der Waals surface area contributed by atoms with E-state index in [1.54, 1.807) is 6.07 Å². The van der Waals surface area contributed by atoms with Crippen LogP contribution in [0, 0.1) is 0 Å². The quantitative estimate of drug-likeness (QED) is 0.341. The van der Waals surface area contributed by atoms with Gasteiger partial charge in [0.15, 0.2) is 5.84 Å². The van der Waals surface area contributed by atoms with E-state index < -0.39 is 0 Å². The van der Waals surface area contributed by atoms with Crippen LogP contribution in [0.5, 0.6) is 0 Å². The van der Waals surface area contributed by atoms with E-state index in [4.69, 9.17) is 10.9 Å². The fraction of sp³-hybridized carbons (Fsp3) is 0.500. The molecule has 2 unspecified atom stereocenters. The number of nitrogens with zero attached hydrogens (tertiary/aromatic N) is 2. The number of hydrogen-bond donors (Lipinski definition) is 3. The average molecular weight is 342 g/mol. The lowest BCUT2D eigenvalue weighted by Gasteiger charge is -2.37. The van der Waals surface area contributed by atoms with Crippen LogP contribution in [-0.4, -0.2) is 35.3 Å². The Kier molecular flexibility index (Phi) is 4.88. The largest absolute Gasteiger partial charge is 0.409 e. The van der Waals surface area contributed by atoms with Crippen molar-refractivity contribution in [3.63, 3.8) is 0 Å².